The highest BCUT2D eigenvalue weighted by molar-refractivity contribution is 5.76. The predicted molar refractivity (Wildman–Crippen MR) is 89.8 cm³/mol. The normalized spacial score (nSPS) is 24.9. The van der Waals surface area contributed by atoms with Crippen molar-refractivity contribution < 1.29 is 4.79 Å². The summed E-state index contributed by atoms with van der Waals surface area (Å²) in [7, 11) is 0. The van der Waals surface area contributed by atoms with E-state index >= 15 is 0 Å². The maximum atomic E-state index is 12.6. The molecule has 2 unspecified atom stereocenters. The number of rotatable bonds is 5. The maximum absolute atomic E-state index is 12.6. The lowest BCUT2D eigenvalue weighted by Crippen LogP contribution is -2.37. The summed E-state index contributed by atoms with van der Waals surface area (Å²) < 4.78 is 0. The average Bonchev–Trinajstić information content (AvgIpc) is 3.18. The van der Waals surface area contributed by atoms with Crippen LogP contribution in [0, 0.1) is 12.8 Å². The molecule has 22 heavy (non-hydrogen) atoms. The number of hydrogen-bond acceptors (Lipinski definition) is 2. The quantitative estimate of drug-likeness (QED) is 0.907. The number of aryl methyl sites for hydroxylation is 1. The van der Waals surface area contributed by atoms with Gasteiger partial charge in [-0.1, -0.05) is 24.3 Å². The molecule has 2 heterocycles. The van der Waals surface area contributed by atoms with Crippen molar-refractivity contribution in [1.82, 2.24) is 10.2 Å². The van der Waals surface area contributed by atoms with Crippen LogP contribution in [0.3, 0.4) is 0 Å². The molecular weight excluding hydrogens is 272 g/mol. The second-order valence-corrected chi connectivity index (χ2v) is 6.91. The zero-order chi connectivity index (χ0) is 15.4. The van der Waals surface area contributed by atoms with Gasteiger partial charge in [-0.25, -0.2) is 0 Å². The largest absolute Gasteiger partial charge is 0.339 e. The molecule has 120 valence electrons. The smallest absolute Gasteiger partial charge is 0.222 e. The molecule has 3 nitrogen and oxygen atoms in total. The Kier molecular flexibility index (Phi) is 5.14. The number of benzene rings is 1. The monoisotopic (exact) mass is 300 g/mol. The fraction of sp³-hybridized carbons (Fsp3) is 0.632. The van der Waals surface area contributed by atoms with E-state index in [1.54, 1.807) is 0 Å². The van der Waals surface area contributed by atoms with Crippen LogP contribution in [0.5, 0.6) is 0 Å². The number of hydrogen-bond donors (Lipinski definition) is 1. The number of nitrogens with one attached hydrogen (secondary N) is 1. The molecule has 2 aliphatic rings. The van der Waals surface area contributed by atoms with Gasteiger partial charge in [0.25, 0.3) is 0 Å². The molecule has 3 heteroatoms. The zero-order valence-electron chi connectivity index (χ0n) is 13.7. The molecule has 1 aromatic carbocycles. The average molecular weight is 300 g/mol. The lowest BCUT2D eigenvalue weighted by atomic mass is 9.99. The van der Waals surface area contributed by atoms with E-state index in [1.807, 2.05) is 0 Å². The van der Waals surface area contributed by atoms with Crippen LogP contribution >= 0.6 is 0 Å². The van der Waals surface area contributed by atoms with Crippen LogP contribution in [-0.4, -0.2) is 36.5 Å². The molecule has 0 aliphatic carbocycles. The third-order valence-electron chi connectivity index (χ3n) is 5.34. The van der Waals surface area contributed by atoms with Crippen LogP contribution in [0.25, 0.3) is 0 Å². The summed E-state index contributed by atoms with van der Waals surface area (Å²) in [6, 6.07) is 8.99. The fourth-order valence-electron chi connectivity index (χ4n) is 3.90. The minimum Gasteiger partial charge on any atom is -0.339 e. The molecule has 1 amide bonds. The molecule has 1 aromatic rings. The van der Waals surface area contributed by atoms with Crippen LogP contribution in [0.2, 0.25) is 0 Å². The van der Waals surface area contributed by atoms with Gasteiger partial charge in [-0.2, -0.15) is 0 Å². The summed E-state index contributed by atoms with van der Waals surface area (Å²) in [4.78, 5) is 14.8. The van der Waals surface area contributed by atoms with Gasteiger partial charge in [-0.05, 0) is 69.2 Å². The maximum Gasteiger partial charge on any atom is 0.222 e. The molecule has 2 fully saturated rings. The second-order valence-electron chi connectivity index (χ2n) is 6.91. The first kappa shape index (κ1) is 15.5. The minimum absolute atomic E-state index is 0.378. The first-order chi connectivity index (χ1) is 10.7. The van der Waals surface area contributed by atoms with Crippen molar-refractivity contribution in [3.63, 3.8) is 0 Å². The Morgan fingerprint density at radius 1 is 1.32 bits per heavy atom. The standard InChI is InChI=1S/C19H28N2O/c1-15-5-2-3-6-17(15)13-18-7-4-12-21(18)19(22)9-8-16-10-11-20-14-16/h2-3,5-6,16,18,20H,4,7-14H2,1H3. The molecule has 2 aliphatic heterocycles. The van der Waals surface area contributed by atoms with E-state index in [9.17, 15) is 4.79 Å². The van der Waals surface area contributed by atoms with Crippen molar-refractivity contribution in [1.29, 1.82) is 0 Å². The van der Waals surface area contributed by atoms with Crippen molar-refractivity contribution >= 4 is 5.91 Å². The van der Waals surface area contributed by atoms with Gasteiger partial charge in [0.15, 0.2) is 0 Å². The van der Waals surface area contributed by atoms with Crippen LogP contribution in [0.15, 0.2) is 24.3 Å². The van der Waals surface area contributed by atoms with Crippen molar-refractivity contribution in [3.8, 4) is 0 Å². The van der Waals surface area contributed by atoms with Gasteiger partial charge in [0.2, 0.25) is 5.91 Å². The number of amides is 1. The molecular formula is C19H28N2O. The van der Waals surface area contributed by atoms with Crippen LogP contribution in [0.1, 0.15) is 43.2 Å². The Bertz CT molecular complexity index is 508. The fourth-order valence-corrected chi connectivity index (χ4v) is 3.90. The van der Waals surface area contributed by atoms with E-state index in [4.69, 9.17) is 0 Å². The van der Waals surface area contributed by atoms with Crippen molar-refractivity contribution in [3.05, 3.63) is 35.4 Å². The molecule has 2 atom stereocenters. The van der Waals surface area contributed by atoms with E-state index in [-0.39, 0.29) is 0 Å². The molecule has 3 rings (SSSR count). The number of carbonyl (C=O) groups excluding carboxylic acids is 1. The highest BCUT2D eigenvalue weighted by atomic mass is 16.2. The Morgan fingerprint density at radius 2 is 2.18 bits per heavy atom. The van der Waals surface area contributed by atoms with Crippen LogP contribution in [0.4, 0.5) is 0 Å². The van der Waals surface area contributed by atoms with Gasteiger partial charge < -0.3 is 10.2 Å². The first-order valence-electron chi connectivity index (χ1n) is 8.78. The number of nitrogens with zero attached hydrogens (tertiary/aromatic N) is 1. The van der Waals surface area contributed by atoms with E-state index < -0.39 is 0 Å². The van der Waals surface area contributed by atoms with Crippen molar-refractivity contribution in [2.45, 2.75) is 51.5 Å². The number of likely N-dealkylation sites (tertiary alicyclic amines) is 1. The van der Waals surface area contributed by atoms with Gasteiger partial charge in [0, 0.05) is 19.0 Å². The molecule has 0 saturated carbocycles. The van der Waals surface area contributed by atoms with E-state index in [0.717, 1.165) is 51.7 Å². The lowest BCUT2D eigenvalue weighted by Gasteiger charge is -2.26. The molecule has 0 aromatic heterocycles. The summed E-state index contributed by atoms with van der Waals surface area (Å²) in [6.07, 6.45) is 6.36. The molecule has 0 spiro atoms. The summed E-state index contributed by atoms with van der Waals surface area (Å²) in [5, 5.41) is 3.39. The van der Waals surface area contributed by atoms with Crippen LogP contribution in [-0.2, 0) is 11.2 Å². The third kappa shape index (κ3) is 3.70. The second kappa shape index (κ2) is 7.28. The van der Waals surface area contributed by atoms with Crippen molar-refractivity contribution in [2.24, 2.45) is 5.92 Å². The van der Waals surface area contributed by atoms with Gasteiger partial charge in [-0.15, -0.1) is 0 Å². The summed E-state index contributed by atoms with van der Waals surface area (Å²) in [5.74, 6) is 1.09. The lowest BCUT2D eigenvalue weighted by molar-refractivity contribution is -0.132. The van der Waals surface area contributed by atoms with Crippen molar-refractivity contribution in [2.75, 3.05) is 19.6 Å². The topological polar surface area (TPSA) is 32.3 Å². The highest BCUT2D eigenvalue weighted by Crippen LogP contribution is 2.24. The molecule has 0 bridgehead atoms. The first-order valence-corrected chi connectivity index (χ1v) is 8.78. The SMILES string of the molecule is Cc1ccccc1CC1CCCN1C(=O)CCC1CCNC1. The van der Waals surface area contributed by atoms with E-state index in [0.29, 0.717) is 17.9 Å². The Hall–Kier alpha value is -1.35. The summed E-state index contributed by atoms with van der Waals surface area (Å²) >= 11 is 0. The third-order valence-corrected chi connectivity index (χ3v) is 5.34. The summed E-state index contributed by atoms with van der Waals surface area (Å²) in [6.45, 7) is 5.35. The van der Waals surface area contributed by atoms with Gasteiger partial charge in [0.05, 0.1) is 0 Å². The summed E-state index contributed by atoms with van der Waals surface area (Å²) in [5.41, 5.74) is 2.74. The molecule has 1 N–H and O–H groups in total. The Labute approximate surface area is 134 Å². The highest BCUT2D eigenvalue weighted by Gasteiger charge is 2.29. The van der Waals surface area contributed by atoms with Crippen LogP contribution < -0.4 is 5.32 Å². The molecule has 2 saturated heterocycles. The van der Waals surface area contributed by atoms with E-state index in [2.05, 4.69) is 41.4 Å². The Morgan fingerprint density at radius 3 is 2.95 bits per heavy atom. The molecule has 0 radical (unpaired) electrons. The predicted octanol–water partition coefficient (Wildman–Crippen LogP) is 2.92. The van der Waals surface area contributed by atoms with Gasteiger partial charge in [0.1, 0.15) is 0 Å². The van der Waals surface area contributed by atoms with E-state index in [1.165, 1.54) is 17.5 Å². The minimum atomic E-state index is 0.378. The van der Waals surface area contributed by atoms with Gasteiger partial charge >= 0.3 is 0 Å². The Balaban J connectivity index is 1.55. The zero-order valence-corrected chi connectivity index (χ0v) is 13.7. The number of carbonyl (C=O) groups is 1. The van der Waals surface area contributed by atoms with Gasteiger partial charge in [-0.3, -0.25) is 4.79 Å².